The van der Waals surface area contributed by atoms with Crippen LogP contribution in [0.4, 0.5) is 0 Å². The van der Waals surface area contributed by atoms with E-state index < -0.39 is 0 Å². The minimum absolute atomic E-state index is 0.896. The lowest BCUT2D eigenvalue weighted by molar-refractivity contribution is 1.10. The molecule has 1 heterocycles. The highest BCUT2D eigenvalue weighted by Crippen LogP contribution is 2.13. The number of nitrogens with zero attached hydrogens (tertiary/aromatic N) is 1. The van der Waals surface area contributed by atoms with E-state index in [1.54, 1.807) is 0 Å². The molecule has 1 radical (unpaired) electrons. The van der Waals surface area contributed by atoms with Crippen LogP contribution in [0.15, 0.2) is 34.1 Å². The summed E-state index contributed by atoms with van der Waals surface area (Å²) in [5, 5.41) is 2.03. The molecular weight excluding hydrogens is 246 g/mol. The van der Waals surface area contributed by atoms with Crippen LogP contribution in [0.25, 0.3) is 0 Å². The zero-order valence-electron chi connectivity index (χ0n) is 6.83. The highest BCUT2D eigenvalue weighted by molar-refractivity contribution is 9.10. The van der Waals surface area contributed by atoms with Gasteiger partial charge in [0.2, 0.25) is 0 Å². The molecule has 0 amide bonds. The summed E-state index contributed by atoms with van der Waals surface area (Å²) in [7, 11) is 0. The summed E-state index contributed by atoms with van der Waals surface area (Å²) in [5.74, 6) is 0. The minimum Gasteiger partial charge on any atom is -0.238 e. The van der Waals surface area contributed by atoms with E-state index in [2.05, 4.69) is 38.6 Å². The van der Waals surface area contributed by atoms with Gasteiger partial charge in [-0.15, -0.1) is 11.3 Å². The van der Waals surface area contributed by atoms with Gasteiger partial charge in [0, 0.05) is 16.3 Å². The van der Waals surface area contributed by atoms with Crippen molar-refractivity contribution < 1.29 is 0 Å². The first kappa shape index (κ1) is 8.91. The molecule has 13 heavy (non-hydrogen) atoms. The monoisotopic (exact) mass is 252 g/mol. The highest BCUT2D eigenvalue weighted by atomic mass is 79.9. The van der Waals surface area contributed by atoms with Crippen LogP contribution in [0.2, 0.25) is 0 Å². The van der Waals surface area contributed by atoms with E-state index in [0.717, 1.165) is 16.6 Å². The van der Waals surface area contributed by atoms with Gasteiger partial charge in [0.1, 0.15) is 0 Å². The lowest BCUT2D eigenvalue weighted by Crippen LogP contribution is -1.86. The molecule has 0 N–H and O–H groups in total. The van der Waals surface area contributed by atoms with Gasteiger partial charge < -0.3 is 0 Å². The first-order valence-corrected chi connectivity index (χ1v) is 5.57. The zero-order valence-corrected chi connectivity index (χ0v) is 9.23. The van der Waals surface area contributed by atoms with E-state index in [-0.39, 0.29) is 0 Å². The molecule has 2 aromatic rings. The second kappa shape index (κ2) is 4.03. The third-order valence-electron chi connectivity index (χ3n) is 1.74. The molecule has 0 fully saturated rings. The molecule has 0 spiro atoms. The molecule has 0 saturated carbocycles. The normalized spacial score (nSPS) is 10.2. The van der Waals surface area contributed by atoms with Gasteiger partial charge in [-0.1, -0.05) is 28.1 Å². The molecule has 1 aromatic carbocycles. The van der Waals surface area contributed by atoms with Gasteiger partial charge in [0.25, 0.3) is 0 Å². The van der Waals surface area contributed by atoms with E-state index in [0.29, 0.717) is 0 Å². The molecule has 0 aliphatic carbocycles. The van der Waals surface area contributed by atoms with Gasteiger partial charge in [-0.25, -0.2) is 4.98 Å². The average Bonchev–Trinajstić information content (AvgIpc) is 2.62. The lowest BCUT2D eigenvalue weighted by Gasteiger charge is -1.97. The van der Waals surface area contributed by atoms with Crippen molar-refractivity contribution in [3.63, 3.8) is 0 Å². The predicted molar refractivity (Wildman–Crippen MR) is 57.9 cm³/mol. The van der Waals surface area contributed by atoms with Gasteiger partial charge >= 0.3 is 0 Å². The summed E-state index contributed by atoms with van der Waals surface area (Å²) in [5.41, 5.74) is 5.21. The number of rotatable bonds is 2. The second-order valence-corrected chi connectivity index (χ2v) is 4.30. The van der Waals surface area contributed by atoms with Crippen molar-refractivity contribution in [1.82, 2.24) is 4.98 Å². The summed E-state index contributed by atoms with van der Waals surface area (Å²) in [6.45, 7) is 0. The number of aromatic nitrogens is 1. The largest absolute Gasteiger partial charge is 0.238 e. The molecule has 0 aliphatic rings. The molecule has 0 aliphatic heterocycles. The molecule has 0 unspecified atom stereocenters. The Kier molecular flexibility index (Phi) is 2.76. The van der Waals surface area contributed by atoms with Crippen LogP contribution in [0, 0.1) is 5.51 Å². The molecule has 0 bridgehead atoms. The van der Waals surface area contributed by atoms with Crippen LogP contribution < -0.4 is 0 Å². The summed E-state index contributed by atoms with van der Waals surface area (Å²) < 4.78 is 1.11. The molecule has 65 valence electrons. The maximum absolute atomic E-state index is 4.12. The van der Waals surface area contributed by atoms with Gasteiger partial charge in [0.05, 0.1) is 5.69 Å². The van der Waals surface area contributed by atoms with Crippen LogP contribution >= 0.6 is 27.3 Å². The Morgan fingerprint density at radius 3 is 2.69 bits per heavy atom. The Labute approximate surface area is 89.6 Å². The fourth-order valence-electron chi connectivity index (χ4n) is 1.10. The number of benzene rings is 1. The number of halogens is 1. The first-order chi connectivity index (χ1) is 6.34. The predicted octanol–water partition coefficient (Wildman–Crippen LogP) is 3.30. The number of hydrogen-bond acceptors (Lipinski definition) is 2. The smallest absolute Gasteiger partial charge is 0.152 e. The zero-order chi connectivity index (χ0) is 9.10. The quantitative estimate of drug-likeness (QED) is 0.800. The fraction of sp³-hybridized carbons (Fsp3) is 0.100. The van der Waals surface area contributed by atoms with Crippen molar-refractivity contribution in [2.75, 3.05) is 0 Å². The molecule has 1 aromatic heterocycles. The SMILES string of the molecule is Brc1ccc(Cc2cs[c]n2)cc1. The van der Waals surface area contributed by atoms with Crippen LogP contribution in [-0.4, -0.2) is 4.98 Å². The summed E-state index contributed by atoms with van der Waals surface area (Å²) in [4.78, 5) is 4.12. The topological polar surface area (TPSA) is 12.9 Å². The van der Waals surface area contributed by atoms with Gasteiger partial charge in [-0.2, -0.15) is 0 Å². The average molecular weight is 253 g/mol. The van der Waals surface area contributed by atoms with E-state index >= 15 is 0 Å². The standard InChI is InChI=1S/C10H7BrNS/c11-9-3-1-8(2-4-9)5-10-6-13-7-12-10/h1-4,6H,5H2. The molecular formula is C10H7BrNS. The van der Waals surface area contributed by atoms with Crippen molar-refractivity contribution in [1.29, 1.82) is 0 Å². The van der Waals surface area contributed by atoms with E-state index in [1.807, 2.05) is 17.5 Å². The Morgan fingerprint density at radius 2 is 2.08 bits per heavy atom. The van der Waals surface area contributed by atoms with Crippen LogP contribution in [0.5, 0.6) is 0 Å². The third-order valence-corrected chi connectivity index (χ3v) is 2.85. The van der Waals surface area contributed by atoms with Gasteiger partial charge in [0.15, 0.2) is 5.51 Å². The Morgan fingerprint density at radius 1 is 1.31 bits per heavy atom. The molecule has 1 nitrogen and oxygen atoms in total. The summed E-state index contributed by atoms with van der Waals surface area (Å²) in [6, 6.07) is 8.30. The van der Waals surface area contributed by atoms with Gasteiger partial charge in [-0.05, 0) is 17.7 Å². The molecule has 0 saturated heterocycles. The van der Waals surface area contributed by atoms with Crippen LogP contribution in [-0.2, 0) is 6.42 Å². The summed E-state index contributed by atoms with van der Waals surface area (Å²) in [6.07, 6.45) is 0.896. The van der Waals surface area contributed by atoms with Crippen molar-refractivity contribution in [2.24, 2.45) is 0 Å². The van der Waals surface area contributed by atoms with E-state index in [9.17, 15) is 0 Å². The van der Waals surface area contributed by atoms with Crippen LogP contribution in [0.3, 0.4) is 0 Å². The number of thiazole rings is 1. The Balaban J connectivity index is 2.15. The van der Waals surface area contributed by atoms with Gasteiger partial charge in [-0.3, -0.25) is 0 Å². The minimum atomic E-state index is 0.896. The van der Waals surface area contributed by atoms with Crippen molar-refractivity contribution >= 4 is 27.3 Å². The van der Waals surface area contributed by atoms with E-state index in [1.165, 1.54) is 16.9 Å². The van der Waals surface area contributed by atoms with Crippen molar-refractivity contribution in [2.45, 2.75) is 6.42 Å². The molecule has 3 heteroatoms. The first-order valence-electron chi connectivity index (χ1n) is 3.89. The Hall–Kier alpha value is -0.670. The highest BCUT2D eigenvalue weighted by Gasteiger charge is 1.97. The molecule has 2 rings (SSSR count). The van der Waals surface area contributed by atoms with Crippen LogP contribution in [0.1, 0.15) is 11.3 Å². The fourth-order valence-corrected chi connectivity index (χ4v) is 1.86. The van der Waals surface area contributed by atoms with Crippen molar-refractivity contribution in [3.8, 4) is 0 Å². The summed E-state index contributed by atoms with van der Waals surface area (Å²) >= 11 is 4.92. The van der Waals surface area contributed by atoms with E-state index in [4.69, 9.17) is 0 Å². The van der Waals surface area contributed by atoms with Crippen molar-refractivity contribution in [3.05, 3.63) is 50.9 Å². The Bertz CT molecular complexity index is 366. The number of hydrogen-bond donors (Lipinski definition) is 0. The maximum atomic E-state index is 4.12. The second-order valence-electron chi connectivity index (χ2n) is 2.73. The lowest BCUT2D eigenvalue weighted by atomic mass is 10.1. The molecule has 0 atom stereocenters. The third kappa shape index (κ3) is 2.39. The maximum Gasteiger partial charge on any atom is 0.152 e.